The number of benzene rings is 2. The molecule has 0 aliphatic carbocycles. The van der Waals surface area contributed by atoms with E-state index < -0.39 is 34.5 Å². The van der Waals surface area contributed by atoms with Crippen molar-refractivity contribution in [3.63, 3.8) is 0 Å². The Morgan fingerprint density at radius 2 is 1.37 bits per heavy atom. The topological polar surface area (TPSA) is 35.8 Å². The van der Waals surface area contributed by atoms with Crippen molar-refractivity contribution in [1.82, 2.24) is 0 Å². The third-order valence-corrected chi connectivity index (χ3v) is 2.42. The van der Waals surface area contributed by atoms with Gasteiger partial charge < -0.3 is 5.32 Å². The normalized spacial score (nSPS) is 10.1. The van der Waals surface area contributed by atoms with E-state index in [4.69, 9.17) is 5.26 Å². The molecule has 2 rings (SSSR count). The van der Waals surface area contributed by atoms with E-state index in [2.05, 4.69) is 5.32 Å². The van der Waals surface area contributed by atoms with Gasteiger partial charge in [0.05, 0.1) is 0 Å². The second kappa shape index (κ2) is 4.98. The minimum Gasteiger partial charge on any atom is -0.351 e. The molecule has 2 nitrogen and oxygen atoms in total. The Kier molecular flexibility index (Phi) is 3.38. The van der Waals surface area contributed by atoms with Crippen LogP contribution in [0.4, 0.5) is 28.9 Å². The molecule has 0 aliphatic heterocycles. The Balaban J connectivity index is 2.57. The van der Waals surface area contributed by atoms with Crippen LogP contribution in [0.15, 0.2) is 30.3 Å². The van der Waals surface area contributed by atoms with Crippen LogP contribution in [-0.4, -0.2) is 0 Å². The first-order valence-electron chi connectivity index (χ1n) is 5.14. The lowest BCUT2D eigenvalue weighted by Gasteiger charge is -2.10. The Bertz CT molecular complexity index is 634. The lowest BCUT2D eigenvalue weighted by Crippen LogP contribution is -2.06. The number of halogens is 4. The second-order valence-electron chi connectivity index (χ2n) is 3.61. The number of hydrogen-bond acceptors (Lipinski definition) is 2. The molecule has 2 aromatic rings. The van der Waals surface area contributed by atoms with E-state index in [0.29, 0.717) is 0 Å². The van der Waals surface area contributed by atoms with E-state index in [1.807, 2.05) is 0 Å². The molecule has 0 bridgehead atoms. The van der Waals surface area contributed by atoms with Gasteiger partial charge in [0.25, 0.3) is 0 Å². The van der Waals surface area contributed by atoms with Crippen LogP contribution < -0.4 is 5.32 Å². The Hall–Kier alpha value is -2.55. The zero-order valence-electron chi connectivity index (χ0n) is 9.35. The highest BCUT2D eigenvalue weighted by Crippen LogP contribution is 2.29. The molecule has 0 aliphatic rings. The van der Waals surface area contributed by atoms with Gasteiger partial charge in [0, 0.05) is 5.69 Å². The van der Waals surface area contributed by atoms with Crippen molar-refractivity contribution >= 4 is 11.4 Å². The third kappa shape index (κ3) is 2.22. The largest absolute Gasteiger partial charge is 0.351 e. The quantitative estimate of drug-likeness (QED) is 0.661. The highest BCUT2D eigenvalue weighted by molar-refractivity contribution is 5.62. The molecule has 6 heteroatoms. The predicted molar refractivity (Wildman–Crippen MR) is 60.7 cm³/mol. The van der Waals surface area contributed by atoms with Gasteiger partial charge in [0.2, 0.25) is 0 Å². The van der Waals surface area contributed by atoms with Crippen LogP contribution in [0.25, 0.3) is 0 Å². The SMILES string of the molecule is N#Cc1c(F)c(F)c(Nc2ccccc2)c(F)c1F. The predicted octanol–water partition coefficient (Wildman–Crippen LogP) is 3.86. The number of anilines is 2. The molecule has 2 aromatic carbocycles. The summed E-state index contributed by atoms with van der Waals surface area (Å²) in [6.45, 7) is 0. The maximum Gasteiger partial charge on any atom is 0.186 e. The fourth-order valence-electron chi connectivity index (χ4n) is 1.51. The minimum atomic E-state index is -1.72. The molecule has 0 atom stereocenters. The third-order valence-electron chi connectivity index (χ3n) is 2.42. The van der Waals surface area contributed by atoms with E-state index in [0.717, 1.165) is 6.07 Å². The summed E-state index contributed by atoms with van der Waals surface area (Å²) in [6, 6.07) is 8.83. The van der Waals surface area contributed by atoms with Gasteiger partial charge in [-0.3, -0.25) is 0 Å². The highest BCUT2D eigenvalue weighted by atomic mass is 19.2. The van der Waals surface area contributed by atoms with Crippen LogP contribution in [0, 0.1) is 34.6 Å². The van der Waals surface area contributed by atoms with E-state index in [-0.39, 0.29) is 5.69 Å². The lowest BCUT2D eigenvalue weighted by molar-refractivity contribution is 0.455. The van der Waals surface area contributed by atoms with Crippen molar-refractivity contribution in [3.8, 4) is 6.07 Å². The monoisotopic (exact) mass is 266 g/mol. The van der Waals surface area contributed by atoms with Crippen LogP contribution >= 0.6 is 0 Å². The van der Waals surface area contributed by atoms with Gasteiger partial charge in [-0.2, -0.15) is 5.26 Å². The van der Waals surface area contributed by atoms with Crippen molar-refractivity contribution in [2.24, 2.45) is 0 Å². The Labute approximate surface area is 105 Å². The zero-order chi connectivity index (χ0) is 14.0. The first kappa shape index (κ1) is 12.9. The molecule has 0 heterocycles. The molecule has 0 unspecified atom stereocenters. The summed E-state index contributed by atoms with van der Waals surface area (Å²) in [5.74, 6) is -6.72. The van der Waals surface area contributed by atoms with Crippen LogP contribution in [0.3, 0.4) is 0 Å². The number of nitrogens with one attached hydrogen (secondary N) is 1. The summed E-state index contributed by atoms with van der Waals surface area (Å²) < 4.78 is 53.9. The number of hydrogen-bond donors (Lipinski definition) is 1. The molecule has 0 spiro atoms. The van der Waals surface area contributed by atoms with Crippen molar-refractivity contribution in [1.29, 1.82) is 5.26 Å². The molecule has 1 N–H and O–H groups in total. The van der Waals surface area contributed by atoms with Crippen LogP contribution in [0.2, 0.25) is 0 Å². The van der Waals surface area contributed by atoms with E-state index in [1.165, 1.54) is 12.1 Å². The Morgan fingerprint density at radius 3 is 1.84 bits per heavy atom. The average molecular weight is 266 g/mol. The molecule has 0 saturated heterocycles. The molecule has 0 radical (unpaired) electrons. The maximum absolute atomic E-state index is 13.6. The molecular formula is C13H6F4N2. The van der Waals surface area contributed by atoms with Gasteiger partial charge in [-0.05, 0) is 12.1 Å². The van der Waals surface area contributed by atoms with Gasteiger partial charge in [-0.1, -0.05) is 18.2 Å². The molecule has 0 amide bonds. The molecular weight excluding hydrogens is 260 g/mol. The summed E-state index contributed by atoms with van der Waals surface area (Å²) in [5, 5.41) is 10.7. The van der Waals surface area contributed by atoms with Crippen molar-refractivity contribution < 1.29 is 17.6 Å². The second-order valence-corrected chi connectivity index (χ2v) is 3.61. The summed E-state index contributed by atoms with van der Waals surface area (Å²) in [5.41, 5.74) is -2.00. The van der Waals surface area contributed by atoms with Crippen LogP contribution in [0.5, 0.6) is 0 Å². The molecule has 19 heavy (non-hydrogen) atoms. The van der Waals surface area contributed by atoms with Gasteiger partial charge in [0.1, 0.15) is 17.3 Å². The standard InChI is InChI=1S/C13H6F4N2/c14-9-8(6-18)10(15)12(17)13(11(9)16)19-7-4-2-1-3-5-7/h1-5,19H. The average Bonchev–Trinajstić information content (AvgIpc) is 2.43. The van der Waals surface area contributed by atoms with Gasteiger partial charge >= 0.3 is 0 Å². The maximum atomic E-state index is 13.6. The highest BCUT2D eigenvalue weighted by Gasteiger charge is 2.25. The number of nitrogens with zero attached hydrogens (tertiary/aromatic N) is 1. The fraction of sp³-hybridized carbons (Fsp3) is 0. The molecule has 0 aromatic heterocycles. The summed E-state index contributed by atoms with van der Waals surface area (Å²) >= 11 is 0. The summed E-state index contributed by atoms with van der Waals surface area (Å²) in [6.07, 6.45) is 0. The van der Waals surface area contributed by atoms with Crippen molar-refractivity contribution in [3.05, 3.63) is 59.2 Å². The van der Waals surface area contributed by atoms with Gasteiger partial charge in [-0.25, -0.2) is 17.6 Å². The first-order chi connectivity index (χ1) is 9.06. The molecule has 0 saturated carbocycles. The van der Waals surface area contributed by atoms with Gasteiger partial charge in [0.15, 0.2) is 23.3 Å². The summed E-state index contributed by atoms with van der Waals surface area (Å²) in [4.78, 5) is 0. The number of para-hydroxylation sites is 1. The minimum absolute atomic E-state index is 0.254. The van der Waals surface area contributed by atoms with Crippen LogP contribution in [0.1, 0.15) is 5.56 Å². The van der Waals surface area contributed by atoms with Crippen molar-refractivity contribution in [2.45, 2.75) is 0 Å². The fourth-order valence-corrected chi connectivity index (χ4v) is 1.51. The molecule has 0 fully saturated rings. The summed E-state index contributed by atoms with van der Waals surface area (Å²) in [7, 11) is 0. The van der Waals surface area contributed by atoms with E-state index in [9.17, 15) is 17.6 Å². The number of rotatable bonds is 2. The number of nitriles is 1. The smallest absolute Gasteiger partial charge is 0.186 e. The van der Waals surface area contributed by atoms with Crippen LogP contribution in [-0.2, 0) is 0 Å². The van der Waals surface area contributed by atoms with Crippen molar-refractivity contribution in [2.75, 3.05) is 5.32 Å². The van der Waals surface area contributed by atoms with E-state index >= 15 is 0 Å². The van der Waals surface area contributed by atoms with Gasteiger partial charge in [-0.15, -0.1) is 0 Å². The zero-order valence-corrected chi connectivity index (χ0v) is 9.35. The first-order valence-corrected chi connectivity index (χ1v) is 5.14. The molecule has 96 valence electrons. The Morgan fingerprint density at radius 1 is 0.842 bits per heavy atom. The van der Waals surface area contributed by atoms with E-state index in [1.54, 1.807) is 18.2 Å². The lowest BCUT2D eigenvalue weighted by atomic mass is 10.1.